The number of esters is 2. The van der Waals surface area contributed by atoms with Crippen molar-refractivity contribution >= 4 is 11.9 Å². The molecule has 0 unspecified atom stereocenters. The highest BCUT2D eigenvalue weighted by Crippen LogP contribution is 2.12. The van der Waals surface area contributed by atoms with Gasteiger partial charge in [-0.2, -0.15) is 0 Å². The van der Waals surface area contributed by atoms with Crippen LogP contribution in [0.4, 0.5) is 0 Å². The lowest BCUT2D eigenvalue weighted by Crippen LogP contribution is -2.11. The largest absolute Gasteiger partial charge is 0.508 e. The van der Waals surface area contributed by atoms with E-state index in [1.54, 1.807) is 27.7 Å². The Morgan fingerprint density at radius 2 is 0.923 bits per heavy atom. The van der Waals surface area contributed by atoms with Gasteiger partial charge in [-0.25, -0.2) is 9.59 Å². The maximum atomic E-state index is 11.3. The number of phenolic OH excluding ortho intramolecular Hbond substituents is 2. The number of ether oxygens (including phenoxy) is 2. The number of aromatic hydroxyl groups is 2. The van der Waals surface area contributed by atoms with E-state index in [1.165, 1.54) is 48.5 Å². The van der Waals surface area contributed by atoms with Crippen molar-refractivity contribution in [3.63, 3.8) is 0 Å². The predicted octanol–water partition coefficient (Wildman–Crippen LogP) is 3.91. The van der Waals surface area contributed by atoms with Crippen molar-refractivity contribution in [1.82, 2.24) is 0 Å². The van der Waals surface area contributed by atoms with Crippen molar-refractivity contribution < 1.29 is 29.3 Å². The lowest BCUT2D eigenvalue weighted by molar-refractivity contribution is 0.0367. The summed E-state index contributed by atoms with van der Waals surface area (Å²) in [6.45, 7) is 7.16. The molecule has 0 bridgehead atoms. The summed E-state index contributed by atoms with van der Waals surface area (Å²) >= 11 is 0. The van der Waals surface area contributed by atoms with Crippen LogP contribution in [0, 0.1) is 0 Å². The van der Waals surface area contributed by atoms with Crippen LogP contribution in [0.2, 0.25) is 0 Å². The monoisotopic (exact) mass is 360 g/mol. The van der Waals surface area contributed by atoms with Crippen LogP contribution < -0.4 is 0 Å². The van der Waals surface area contributed by atoms with E-state index in [4.69, 9.17) is 19.7 Å². The molecule has 0 aliphatic heterocycles. The van der Waals surface area contributed by atoms with Crippen LogP contribution >= 0.6 is 0 Å². The van der Waals surface area contributed by atoms with Crippen LogP contribution in [0.3, 0.4) is 0 Å². The summed E-state index contributed by atoms with van der Waals surface area (Å²) in [6, 6.07) is 11.9. The maximum absolute atomic E-state index is 11.3. The predicted molar refractivity (Wildman–Crippen MR) is 97.3 cm³/mol. The van der Waals surface area contributed by atoms with Gasteiger partial charge in [0.05, 0.1) is 23.3 Å². The van der Waals surface area contributed by atoms with Crippen LogP contribution in [0.5, 0.6) is 11.5 Å². The van der Waals surface area contributed by atoms with Crippen molar-refractivity contribution in [1.29, 1.82) is 0 Å². The molecular formula is C20H24O6. The van der Waals surface area contributed by atoms with Crippen molar-refractivity contribution in [3.8, 4) is 11.5 Å². The summed E-state index contributed by atoms with van der Waals surface area (Å²) in [6.07, 6.45) is -0.248. The third-order valence-corrected chi connectivity index (χ3v) is 2.89. The summed E-state index contributed by atoms with van der Waals surface area (Å²) in [4.78, 5) is 22.5. The Balaban J connectivity index is 0.000000260. The van der Waals surface area contributed by atoms with Crippen LogP contribution in [-0.2, 0) is 9.47 Å². The van der Waals surface area contributed by atoms with E-state index >= 15 is 0 Å². The molecule has 0 radical (unpaired) electrons. The molecule has 0 atom stereocenters. The summed E-state index contributed by atoms with van der Waals surface area (Å²) in [5, 5.41) is 17.9. The molecule has 0 amide bonds. The van der Waals surface area contributed by atoms with Gasteiger partial charge in [0, 0.05) is 0 Å². The van der Waals surface area contributed by atoms with Gasteiger partial charge in [-0.15, -0.1) is 0 Å². The molecule has 0 aromatic heterocycles. The van der Waals surface area contributed by atoms with E-state index in [-0.39, 0.29) is 35.6 Å². The molecule has 140 valence electrons. The second-order valence-corrected chi connectivity index (χ2v) is 6.00. The van der Waals surface area contributed by atoms with Crippen molar-refractivity contribution in [2.24, 2.45) is 0 Å². The highest BCUT2D eigenvalue weighted by Gasteiger charge is 2.08. The normalized spacial score (nSPS) is 10.1. The lowest BCUT2D eigenvalue weighted by atomic mass is 10.2. The molecule has 6 nitrogen and oxygen atoms in total. The Bertz CT molecular complexity index is 639. The number of hydrogen-bond acceptors (Lipinski definition) is 6. The molecule has 0 fully saturated rings. The van der Waals surface area contributed by atoms with E-state index in [1.807, 2.05) is 0 Å². The third kappa shape index (κ3) is 7.70. The average molecular weight is 360 g/mol. The molecule has 0 saturated carbocycles. The Kier molecular flexibility index (Phi) is 8.15. The zero-order chi connectivity index (χ0) is 19.7. The highest BCUT2D eigenvalue weighted by atomic mass is 16.5. The van der Waals surface area contributed by atoms with Crippen LogP contribution in [0.25, 0.3) is 0 Å². The van der Waals surface area contributed by atoms with Crippen LogP contribution in [-0.4, -0.2) is 34.4 Å². The molecule has 0 heterocycles. The molecular weight excluding hydrogens is 336 g/mol. The number of phenols is 2. The second-order valence-electron chi connectivity index (χ2n) is 6.00. The Morgan fingerprint density at radius 3 is 1.15 bits per heavy atom. The van der Waals surface area contributed by atoms with Crippen LogP contribution in [0.1, 0.15) is 48.4 Å². The Labute approximate surface area is 153 Å². The van der Waals surface area contributed by atoms with E-state index < -0.39 is 0 Å². The van der Waals surface area contributed by atoms with Gasteiger partial charge in [-0.05, 0) is 76.2 Å². The van der Waals surface area contributed by atoms with Gasteiger partial charge >= 0.3 is 11.9 Å². The Morgan fingerprint density at radius 1 is 0.654 bits per heavy atom. The van der Waals surface area contributed by atoms with Gasteiger partial charge in [0.25, 0.3) is 0 Å². The van der Waals surface area contributed by atoms with E-state index in [9.17, 15) is 9.59 Å². The standard InChI is InChI=1S/2C10H12O3/c2*1-7(2)13-10(12)8-3-5-9(11)6-4-8/h2*3-7,11H,1-2H3. The van der Waals surface area contributed by atoms with Gasteiger partial charge in [0.15, 0.2) is 0 Å². The van der Waals surface area contributed by atoms with Crippen molar-refractivity contribution in [2.75, 3.05) is 0 Å². The number of benzene rings is 2. The first-order chi connectivity index (χ1) is 12.2. The topological polar surface area (TPSA) is 93.1 Å². The summed E-state index contributed by atoms with van der Waals surface area (Å²) in [7, 11) is 0. The first-order valence-electron chi connectivity index (χ1n) is 8.19. The maximum Gasteiger partial charge on any atom is 0.338 e. The molecule has 2 rings (SSSR count). The minimum Gasteiger partial charge on any atom is -0.508 e. The molecule has 2 aromatic rings. The minimum absolute atomic E-state index is 0.124. The fraction of sp³-hybridized carbons (Fsp3) is 0.300. The molecule has 2 aromatic carbocycles. The quantitative estimate of drug-likeness (QED) is 0.803. The fourth-order valence-electron chi connectivity index (χ4n) is 1.76. The van der Waals surface area contributed by atoms with Gasteiger partial charge in [-0.1, -0.05) is 0 Å². The van der Waals surface area contributed by atoms with Gasteiger partial charge < -0.3 is 19.7 Å². The Hall–Kier alpha value is -3.02. The number of rotatable bonds is 4. The first-order valence-corrected chi connectivity index (χ1v) is 8.19. The number of carbonyl (C=O) groups excluding carboxylic acids is 2. The first kappa shape index (κ1) is 21.0. The molecule has 0 aliphatic rings. The van der Waals surface area contributed by atoms with E-state index in [0.717, 1.165) is 0 Å². The van der Waals surface area contributed by atoms with Gasteiger partial charge in [0.2, 0.25) is 0 Å². The third-order valence-electron chi connectivity index (χ3n) is 2.89. The van der Waals surface area contributed by atoms with Gasteiger partial charge in [-0.3, -0.25) is 0 Å². The molecule has 2 N–H and O–H groups in total. The average Bonchev–Trinajstić information content (AvgIpc) is 2.55. The minimum atomic E-state index is -0.366. The smallest absolute Gasteiger partial charge is 0.338 e. The van der Waals surface area contributed by atoms with E-state index in [2.05, 4.69) is 0 Å². The SMILES string of the molecule is CC(C)OC(=O)c1ccc(O)cc1.CC(C)OC(=O)c1ccc(O)cc1. The van der Waals surface area contributed by atoms with Gasteiger partial charge in [0.1, 0.15) is 11.5 Å². The summed E-state index contributed by atoms with van der Waals surface area (Å²) < 4.78 is 9.91. The molecule has 0 aliphatic carbocycles. The lowest BCUT2D eigenvalue weighted by Gasteiger charge is -2.07. The number of carbonyl (C=O) groups is 2. The second kappa shape index (κ2) is 10.1. The molecule has 6 heteroatoms. The molecule has 0 saturated heterocycles. The molecule has 26 heavy (non-hydrogen) atoms. The van der Waals surface area contributed by atoms with Crippen molar-refractivity contribution in [3.05, 3.63) is 59.7 Å². The summed E-state index contributed by atoms with van der Waals surface area (Å²) in [5.41, 5.74) is 0.901. The zero-order valence-electron chi connectivity index (χ0n) is 15.3. The molecule has 0 spiro atoms. The number of hydrogen-bond donors (Lipinski definition) is 2. The summed E-state index contributed by atoms with van der Waals surface area (Å²) in [5.74, 6) is -0.452. The van der Waals surface area contributed by atoms with E-state index in [0.29, 0.717) is 11.1 Å². The van der Waals surface area contributed by atoms with Crippen LogP contribution in [0.15, 0.2) is 48.5 Å². The highest BCUT2D eigenvalue weighted by molar-refractivity contribution is 5.90. The van der Waals surface area contributed by atoms with Crippen molar-refractivity contribution in [2.45, 2.75) is 39.9 Å². The fourth-order valence-corrected chi connectivity index (χ4v) is 1.76. The zero-order valence-corrected chi connectivity index (χ0v) is 15.3.